The molecular formula is C15H24N2O3. The van der Waals surface area contributed by atoms with E-state index in [1.807, 2.05) is 26.0 Å². The molecule has 0 saturated carbocycles. The zero-order valence-corrected chi connectivity index (χ0v) is 12.4. The largest absolute Gasteiger partial charge is 0.508 e. The molecule has 0 radical (unpaired) electrons. The molecular weight excluding hydrogens is 256 g/mol. The number of benzene rings is 1. The SMILES string of the molecule is COCCNC(=O)CCNC(C)c1cc(C)ccc1O. The van der Waals surface area contributed by atoms with Gasteiger partial charge in [0, 0.05) is 38.2 Å². The van der Waals surface area contributed by atoms with E-state index in [2.05, 4.69) is 10.6 Å². The lowest BCUT2D eigenvalue weighted by Crippen LogP contribution is -2.30. The number of hydrogen-bond acceptors (Lipinski definition) is 4. The van der Waals surface area contributed by atoms with Crippen LogP contribution in [0.15, 0.2) is 18.2 Å². The van der Waals surface area contributed by atoms with Gasteiger partial charge in [-0.2, -0.15) is 0 Å². The van der Waals surface area contributed by atoms with Crippen LogP contribution in [-0.2, 0) is 9.53 Å². The fourth-order valence-electron chi connectivity index (χ4n) is 1.91. The van der Waals surface area contributed by atoms with Gasteiger partial charge in [-0.15, -0.1) is 0 Å². The molecule has 1 amide bonds. The summed E-state index contributed by atoms with van der Waals surface area (Å²) in [5.41, 5.74) is 1.95. The van der Waals surface area contributed by atoms with Crippen molar-refractivity contribution in [2.45, 2.75) is 26.3 Å². The lowest BCUT2D eigenvalue weighted by atomic mass is 10.0. The molecule has 1 atom stereocenters. The zero-order chi connectivity index (χ0) is 15.0. The fourth-order valence-corrected chi connectivity index (χ4v) is 1.91. The second-order valence-electron chi connectivity index (χ2n) is 4.83. The fraction of sp³-hybridized carbons (Fsp3) is 0.533. The Morgan fingerprint density at radius 1 is 1.40 bits per heavy atom. The van der Waals surface area contributed by atoms with Gasteiger partial charge in [0.25, 0.3) is 0 Å². The summed E-state index contributed by atoms with van der Waals surface area (Å²) in [5, 5.41) is 15.8. The van der Waals surface area contributed by atoms with Gasteiger partial charge in [-0.25, -0.2) is 0 Å². The maximum absolute atomic E-state index is 11.5. The highest BCUT2D eigenvalue weighted by molar-refractivity contribution is 5.76. The Balaban J connectivity index is 2.34. The molecule has 5 nitrogen and oxygen atoms in total. The van der Waals surface area contributed by atoms with Gasteiger partial charge >= 0.3 is 0 Å². The van der Waals surface area contributed by atoms with Crippen LogP contribution in [0.5, 0.6) is 5.75 Å². The highest BCUT2D eigenvalue weighted by atomic mass is 16.5. The average molecular weight is 280 g/mol. The quantitative estimate of drug-likeness (QED) is 0.631. The van der Waals surface area contributed by atoms with Crippen molar-refractivity contribution in [3.63, 3.8) is 0 Å². The Morgan fingerprint density at radius 2 is 2.15 bits per heavy atom. The minimum absolute atomic E-state index is 0.00155. The molecule has 0 aliphatic carbocycles. The Hall–Kier alpha value is -1.59. The lowest BCUT2D eigenvalue weighted by Gasteiger charge is -2.16. The molecule has 0 heterocycles. The van der Waals surface area contributed by atoms with E-state index in [0.29, 0.717) is 26.1 Å². The van der Waals surface area contributed by atoms with Crippen LogP contribution in [0.4, 0.5) is 0 Å². The molecule has 112 valence electrons. The molecule has 0 aliphatic heterocycles. The van der Waals surface area contributed by atoms with Crippen molar-refractivity contribution in [3.05, 3.63) is 29.3 Å². The summed E-state index contributed by atoms with van der Waals surface area (Å²) in [6, 6.07) is 5.52. The summed E-state index contributed by atoms with van der Waals surface area (Å²) in [7, 11) is 1.60. The first-order valence-electron chi connectivity index (χ1n) is 6.83. The van der Waals surface area contributed by atoms with Crippen LogP contribution >= 0.6 is 0 Å². The first-order valence-corrected chi connectivity index (χ1v) is 6.83. The van der Waals surface area contributed by atoms with Crippen molar-refractivity contribution in [3.8, 4) is 5.75 Å². The first-order chi connectivity index (χ1) is 9.54. The summed E-state index contributed by atoms with van der Waals surface area (Å²) < 4.78 is 4.86. The van der Waals surface area contributed by atoms with Crippen LogP contribution in [0.25, 0.3) is 0 Å². The first kappa shape index (κ1) is 16.5. The molecule has 3 N–H and O–H groups in total. The third-order valence-electron chi connectivity index (χ3n) is 3.08. The van der Waals surface area contributed by atoms with Gasteiger partial charge in [0.1, 0.15) is 5.75 Å². The number of amides is 1. The van der Waals surface area contributed by atoms with Crippen LogP contribution in [0.3, 0.4) is 0 Å². The maximum atomic E-state index is 11.5. The molecule has 0 spiro atoms. The Morgan fingerprint density at radius 3 is 2.85 bits per heavy atom. The van der Waals surface area contributed by atoms with Gasteiger partial charge in [-0.3, -0.25) is 4.79 Å². The van der Waals surface area contributed by atoms with Crippen molar-refractivity contribution in [1.29, 1.82) is 0 Å². The number of hydrogen-bond donors (Lipinski definition) is 3. The van der Waals surface area contributed by atoms with Crippen LogP contribution in [0, 0.1) is 6.92 Å². The van der Waals surface area contributed by atoms with E-state index in [4.69, 9.17) is 4.74 Å². The third kappa shape index (κ3) is 5.59. The van der Waals surface area contributed by atoms with Gasteiger partial charge in [0.05, 0.1) is 6.61 Å². The second-order valence-corrected chi connectivity index (χ2v) is 4.83. The van der Waals surface area contributed by atoms with E-state index >= 15 is 0 Å². The molecule has 1 aromatic rings. The summed E-state index contributed by atoms with van der Waals surface area (Å²) in [6.07, 6.45) is 0.403. The molecule has 0 aliphatic rings. The standard InChI is InChI=1S/C15H24N2O3/c1-11-4-5-14(18)13(10-11)12(2)16-7-6-15(19)17-8-9-20-3/h4-5,10,12,16,18H,6-9H2,1-3H3,(H,17,19). The number of aryl methyl sites for hydroxylation is 1. The maximum Gasteiger partial charge on any atom is 0.221 e. The van der Waals surface area contributed by atoms with E-state index in [9.17, 15) is 9.90 Å². The molecule has 1 aromatic carbocycles. The van der Waals surface area contributed by atoms with Gasteiger partial charge in [-0.05, 0) is 19.9 Å². The zero-order valence-electron chi connectivity index (χ0n) is 12.4. The number of aromatic hydroxyl groups is 1. The van der Waals surface area contributed by atoms with E-state index in [-0.39, 0.29) is 17.7 Å². The summed E-state index contributed by atoms with van der Waals surface area (Å²) in [4.78, 5) is 11.5. The smallest absolute Gasteiger partial charge is 0.221 e. The van der Waals surface area contributed by atoms with Gasteiger partial charge in [0.2, 0.25) is 5.91 Å². The second kappa shape index (κ2) is 8.55. The van der Waals surface area contributed by atoms with Crippen LogP contribution in [0.2, 0.25) is 0 Å². The van der Waals surface area contributed by atoms with E-state index in [1.165, 1.54) is 0 Å². The molecule has 0 saturated heterocycles. The van der Waals surface area contributed by atoms with Crippen LogP contribution in [-0.4, -0.2) is 37.8 Å². The van der Waals surface area contributed by atoms with Gasteiger partial charge < -0.3 is 20.5 Å². The van der Waals surface area contributed by atoms with Crippen molar-refractivity contribution in [2.75, 3.05) is 26.8 Å². The van der Waals surface area contributed by atoms with Crippen LogP contribution in [0.1, 0.15) is 30.5 Å². The van der Waals surface area contributed by atoms with Crippen LogP contribution < -0.4 is 10.6 Å². The molecule has 0 bridgehead atoms. The number of nitrogens with one attached hydrogen (secondary N) is 2. The van der Waals surface area contributed by atoms with E-state index in [1.54, 1.807) is 13.2 Å². The third-order valence-corrected chi connectivity index (χ3v) is 3.08. The molecule has 1 unspecified atom stereocenters. The number of ether oxygens (including phenoxy) is 1. The van der Waals surface area contributed by atoms with Gasteiger partial charge in [0.15, 0.2) is 0 Å². The predicted molar refractivity (Wildman–Crippen MR) is 78.8 cm³/mol. The normalized spacial score (nSPS) is 12.2. The number of rotatable bonds is 8. The Labute approximate surface area is 120 Å². The van der Waals surface area contributed by atoms with Crippen molar-refractivity contribution in [1.82, 2.24) is 10.6 Å². The Bertz CT molecular complexity index is 435. The van der Waals surface area contributed by atoms with E-state index < -0.39 is 0 Å². The molecule has 1 rings (SSSR count). The molecule has 20 heavy (non-hydrogen) atoms. The minimum Gasteiger partial charge on any atom is -0.508 e. The van der Waals surface area contributed by atoms with Crippen molar-refractivity contribution >= 4 is 5.91 Å². The summed E-state index contributed by atoms with van der Waals surface area (Å²) >= 11 is 0. The minimum atomic E-state index is -0.00443. The van der Waals surface area contributed by atoms with Crippen molar-refractivity contribution < 1.29 is 14.6 Å². The summed E-state index contributed by atoms with van der Waals surface area (Å²) in [5.74, 6) is 0.273. The lowest BCUT2D eigenvalue weighted by molar-refractivity contribution is -0.121. The number of methoxy groups -OCH3 is 1. The number of phenolic OH excluding ortho intramolecular Hbond substituents is 1. The topological polar surface area (TPSA) is 70.6 Å². The highest BCUT2D eigenvalue weighted by Gasteiger charge is 2.10. The molecule has 0 fully saturated rings. The number of phenols is 1. The van der Waals surface area contributed by atoms with E-state index in [0.717, 1.165) is 11.1 Å². The Kier molecular flexibility index (Phi) is 7.04. The summed E-state index contributed by atoms with van der Waals surface area (Å²) in [6.45, 7) is 5.57. The monoisotopic (exact) mass is 280 g/mol. The van der Waals surface area contributed by atoms with Crippen molar-refractivity contribution in [2.24, 2.45) is 0 Å². The predicted octanol–water partition coefficient (Wildman–Crippen LogP) is 1.50. The number of carbonyl (C=O) groups excluding carboxylic acids is 1. The molecule has 5 heteroatoms. The highest BCUT2D eigenvalue weighted by Crippen LogP contribution is 2.24. The molecule has 0 aromatic heterocycles. The average Bonchev–Trinajstić information content (AvgIpc) is 2.41. The van der Waals surface area contributed by atoms with Gasteiger partial charge in [-0.1, -0.05) is 17.7 Å². The number of carbonyl (C=O) groups is 1.